The molecule has 0 aromatic heterocycles. The molecule has 1 amide bonds. The minimum Gasteiger partial charge on any atom is -0.434 e. The quantitative estimate of drug-likeness (QED) is 0.767. The Bertz CT molecular complexity index is 653. The van der Waals surface area contributed by atoms with Crippen LogP contribution in [0, 0.1) is 5.92 Å². The number of hydrogen-bond acceptors (Lipinski definition) is 3. The molecule has 4 nitrogen and oxygen atoms in total. The van der Waals surface area contributed by atoms with Crippen LogP contribution in [0.5, 0.6) is 5.75 Å². The summed E-state index contributed by atoms with van der Waals surface area (Å²) in [7, 11) is 0. The normalized spacial score (nSPS) is 24.0. The fourth-order valence-corrected chi connectivity index (χ4v) is 4.08. The van der Waals surface area contributed by atoms with Crippen LogP contribution in [0.1, 0.15) is 42.5 Å². The molecular formula is C17H18BrF2NO3. The summed E-state index contributed by atoms with van der Waals surface area (Å²) < 4.78 is 30.4. The lowest BCUT2D eigenvalue weighted by Gasteiger charge is -2.43. The van der Waals surface area contributed by atoms with Gasteiger partial charge in [0.1, 0.15) is 11.5 Å². The number of nitrogens with zero attached hydrogens (tertiary/aromatic N) is 1. The summed E-state index contributed by atoms with van der Waals surface area (Å²) in [4.78, 5) is 26.8. The number of likely N-dealkylation sites (tertiary alicyclic amines) is 1. The smallest absolute Gasteiger partial charge is 0.387 e. The largest absolute Gasteiger partial charge is 0.434 e. The van der Waals surface area contributed by atoms with Crippen LogP contribution < -0.4 is 4.74 Å². The molecular weight excluding hydrogens is 384 g/mol. The highest BCUT2D eigenvalue weighted by molar-refractivity contribution is 9.10. The van der Waals surface area contributed by atoms with Gasteiger partial charge < -0.3 is 9.64 Å². The molecule has 2 aliphatic rings. The van der Waals surface area contributed by atoms with Gasteiger partial charge in [-0.2, -0.15) is 8.78 Å². The van der Waals surface area contributed by atoms with Crippen molar-refractivity contribution in [3.8, 4) is 5.75 Å². The number of Topliss-reactive ketones (excluding diaryl/α,β-unsaturated/α-hetero) is 1. The van der Waals surface area contributed by atoms with Crippen molar-refractivity contribution >= 4 is 27.6 Å². The van der Waals surface area contributed by atoms with Gasteiger partial charge in [0.2, 0.25) is 0 Å². The number of fused-ring (bicyclic) bond motifs is 1. The summed E-state index contributed by atoms with van der Waals surface area (Å²) in [6, 6.07) is 4.27. The van der Waals surface area contributed by atoms with Crippen molar-refractivity contribution in [3.05, 3.63) is 28.2 Å². The van der Waals surface area contributed by atoms with Crippen molar-refractivity contribution in [2.45, 2.75) is 44.8 Å². The fourth-order valence-electron chi connectivity index (χ4n) is 3.72. The highest BCUT2D eigenvalue weighted by atomic mass is 79.9. The zero-order valence-corrected chi connectivity index (χ0v) is 14.6. The summed E-state index contributed by atoms with van der Waals surface area (Å²) in [6.45, 7) is -2.66. The van der Waals surface area contributed by atoms with E-state index in [2.05, 4.69) is 20.7 Å². The van der Waals surface area contributed by atoms with Crippen molar-refractivity contribution in [2.75, 3.05) is 6.54 Å². The Hall–Kier alpha value is -1.50. The average Bonchev–Trinajstić information content (AvgIpc) is 2.56. The van der Waals surface area contributed by atoms with E-state index < -0.39 is 6.61 Å². The zero-order valence-electron chi connectivity index (χ0n) is 13.0. The van der Waals surface area contributed by atoms with E-state index in [9.17, 15) is 18.4 Å². The average molecular weight is 402 g/mol. The van der Waals surface area contributed by atoms with E-state index in [1.165, 1.54) is 12.1 Å². The molecule has 0 N–H and O–H groups in total. The van der Waals surface area contributed by atoms with Crippen LogP contribution in [0.15, 0.2) is 22.7 Å². The first-order valence-electron chi connectivity index (χ1n) is 8.05. The van der Waals surface area contributed by atoms with Gasteiger partial charge in [-0.3, -0.25) is 9.59 Å². The van der Waals surface area contributed by atoms with Crippen LogP contribution in [-0.4, -0.2) is 35.8 Å². The van der Waals surface area contributed by atoms with E-state index in [-0.39, 0.29) is 35.0 Å². The van der Waals surface area contributed by atoms with E-state index >= 15 is 0 Å². The molecule has 1 aliphatic heterocycles. The number of ether oxygens (including phenoxy) is 1. The molecule has 130 valence electrons. The number of halogens is 3. The van der Waals surface area contributed by atoms with Crippen LogP contribution in [0.25, 0.3) is 0 Å². The lowest BCUT2D eigenvalue weighted by Crippen LogP contribution is -2.53. The van der Waals surface area contributed by atoms with Gasteiger partial charge in [0, 0.05) is 29.4 Å². The molecule has 0 spiro atoms. The molecule has 0 unspecified atom stereocenters. The Morgan fingerprint density at radius 3 is 2.79 bits per heavy atom. The predicted octanol–water partition coefficient (Wildman–Crippen LogP) is 4.02. The summed E-state index contributed by atoms with van der Waals surface area (Å²) >= 11 is 3.27. The molecule has 24 heavy (non-hydrogen) atoms. The molecule has 1 heterocycles. The SMILES string of the molecule is O=C1CCN(C(=O)c2cc(Br)ccc2OC(F)F)[C@@H]2CCCC[C@H]12. The molecule has 1 aromatic carbocycles. The van der Waals surface area contributed by atoms with E-state index in [4.69, 9.17) is 0 Å². The first kappa shape index (κ1) is 17.3. The second-order valence-corrected chi connectivity index (χ2v) is 7.11. The second kappa shape index (κ2) is 7.17. The molecule has 0 radical (unpaired) electrons. The van der Waals surface area contributed by atoms with Crippen LogP contribution in [0.2, 0.25) is 0 Å². The highest BCUT2D eigenvalue weighted by Crippen LogP contribution is 2.35. The molecule has 7 heteroatoms. The summed E-state index contributed by atoms with van der Waals surface area (Å²) in [5, 5.41) is 0. The van der Waals surface area contributed by atoms with Gasteiger partial charge in [-0.25, -0.2) is 0 Å². The third-order valence-corrected chi connectivity index (χ3v) is 5.28. The number of carbonyl (C=O) groups excluding carboxylic acids is 2. The van der Waals surface area contributed by atoms with Gasteiger partial charge in [-0.15, -0.1) is 0 Å². The molecule has 1 saturated carbocycles. The number of amides is 1. The zero-order chi connectivity index (χ0) is 17.3. The number of benzene rings is 1. The van der Waals surface area contributed by atoms with E-state index in [1.54, 1.807) is 11.0 Å². The topological polar surface area (TPSA) is 46.6 Å². The number of hydrogen-bond donors (Lipinski definition) is 0. The van der Waals surface area contributed by atoms with Gasteiger partial charge in [-0.1, -0.05) is 28.8 Å². The van der Waals surface area contributed by atoms with Crippen LogP contribution >= 0.6 is 15.9 Å². The van der Waals surface area contributed by atoms with Gasteiger partial charge in [0.05, 0.1) is 5.56 Å². The van der Waals surface area contributed by atoms with Crippen LogP contribution in [0.4, 0.5) is 8.78 Å². The first-order chi connectivity index (χ1) is 11.5. The van der Waals surface area contributed by atoms with Crippen molar-refractivity contribution < 1.29 is 23.1 Å². The summed E-state index contributed by atoms with van der Waals surface area (Å²) in [5.41, 5.74) is 0.100. The number of alkyl halides is 2. The number of rotatable bonds is 3. The Morgan fingerprint density at radius 1 is 1.29 bits per heavy atom. The Kier molecular flexibility index (Phi) is 5.18. The maximum absolute atomic E-state index is 13.0. The number of piperidine rings is 1. The van der Waals surface area contributed by atoms with Gasteiger partial charge in [0.15, 0.2) is 0 Å². The number of ketones is 1. The van der Waals surface area contributed by atoms with Gasteiger partial charge in [0.25, 0.3) is 5.91 Å². The Morgan fingerprint density at radius 2 is 2.04 bits per heavy atom. The minimum atomic E-state index is -3.00. The van der Waals surface area contributed by atoms with Crippen LogP contribution in [0.3, 0.4) is 0 Å². The third-order valence-electron chi connectivity index (χ3n) is 4.79. The predicted molar refractivity (Wildman–Crippen MR) is 87.2 cm³/mol. The van der Waals surface area contributed by atoms with E-state index in [0.717, 1.165) is 25.7 Å². The van der Waals surface area contributed by atoms with Crippen molar-refractivity contribution in [1.29, 1.82) is 0 Å². The lowest BCUT2D eigenvalue weighted by molar-refractivity contribution is -0.129. The molecule has 1 saturated heterocycles. The monoisotopic (exact) mass is 401 g/mol. The van der Waals surface area contributed by atoms with Gasteiger partial charge >= 0.3 is 6.61 Å². The molecule has 0 bridgehead atoms. The van der Waals surface area contributed by atoms with Gasteiger partial charge in [-0.05, 0) is 31.0 Å². The molecule has 2 fully saturated rings. The fraction of sp³-hybridized carbons (Fsp3) is 0.529. The molecule has 3 rings (SSSR count). The maximum atomic E-state index is 13.0. The Labute approximate surface area is 147 Å². The minimum absolute atomic E-state index is 0.100. The molecule has 2 atom stereocenters. The summed E-state index contributed by atoms with van der Waals surface area (Å²) in [6.07, 6.45) is 3.86. The maximum Gasteiger partial charge on any atom is 0.387 e. The standard InChI is InChI=1S/C17H18BrF2NO3/c18-10-5-6-15(24-17(19)20)12(9-10)16(23)21-8-7-14(22)11-3-1-2-4-13(11)21/h5-6,9,11,13,17H,1-4,7-8H2/t11-,13+/m0/s1. The lowest BCUT2D eigenvalue weighted by atomic mass is 9.77. The van der Waals surface area contributed by atoms with E-state index in [1.807, 2.05) is 0 Å². The molecule has 1 aromatic rings. The Balaban J connectivity index is 1.90. The van der Waals surface area contributed by atoms with Crippen molar-refractivity contribution in [2.24, 2.45) is 5.92 Å². The summed E-state index contributed by atoms with van der Waals surface area (Å²) in [5.74, 6) is -0.399. The highest BCUT2D eigenvalue weighted by Gasteiger charge is 2.41. The van der Waals surface area contributed by atoms with Crippen LogP contribution in [-0.2, 0) is 4.79 Å². The number of carbonyl (C=O) groups is 2. The van der Waals surface area contributed by atoms with E-state index in [0.29, 0.717) is 17.4 Å². The van der Waals surface area contributed by atoms with Crippen molar-refractivity contribution in [1.82, 2.24) is 4.90 Å². The second-order valence-electron chi connectivity index (χ2n) is 6.19. The molecule has 1 aliphatic carbocycles. The van der Waals surface area contributed by atoms with Crippen molar-refractivity contribution in [3.63, 3.8) is 0 Å². The third kappa shape index (κ3) is 3.45. The first-order valence-corrected chi connectivity index (χ1v) is 8.84.